The first-order valence-electron chi connectivity index (χ1n) is 15.3. The molecule has 0 saturated carbocycles. The number of amides is 4. The molecule has 1 atom stereocenters. The molecule has 4 aliphatic heterocycles. The van der Waals surface area contributed by atoms with Crippen LogP contribution in [0.2, 0.25) is 0 Å². The van der Waals surface area contributed by atoms with E-state index in [9.17, 15) is 19.2 Å². The average Bonchev–Trinajstić information content (AvgIpc) is 3.24. The SMILES string of the molecule is O=C1CCC(N2Cc3cc(C4CCN(Cc5cccc6c5CCCN(c5ccccn5)C6=O)CC4)ccc3C2=O)C(=O)N1. The number of anilines is 1. The average molecular weight is 578 g/mol. The zero-order valence-corrected chi connectivity index (χ0v) is 24.1. The maximum absolute atomic E-state index is 13.5. The number of hydrogen-bond acceptors (Lipinski definition) is 6. The maximum atomic E-state index is 13.5. The second kappa shape index (κ2) is 11.4. The molecular weight excluding hydrogens is 542 g/mol. The summed E-state index contributed by atoms with van der Waals surface area (Å²) in [6.07, 6.45) is 6.17. The van der Waals surface area contributed by atoms with Crippen LogP contribution in [0.1, 0.15) is 81.0 Å². The van der Waals surface area contributed by atoms with Gasteiger partial charge in [-0.3, -0.25) is 34.3 Å². The Hall–Kier alpha value is -4.37. The molecule has 0 spiro atoms. The third-order valence-corrected chi connectivity index (χ3v) is 9.48. The highest BCUT2D eigenvalue weighted by Gasteiger charge is 2.39. The molecule has 9 heteroatoms. The standard InChI is InChI=1S/C34H35N5O4/c40-31-12-11-29(32(41)36-31)39-21-25-19-23(9-10-27(25)33(39)42)22-13-17-37(18-14-22)20-24-5-3-6-28-26(24)7-4-16-38(34(28)43)30-8-1-2-15-35-30/h1-3,5-6,8-10,15,19,22,29H,4,7,11-14,16-18,20-21H2,(H,36,40,41). The van der Waals surface area contributed by atoms with E-state index in [1.807, 2.05) is 36.4 Å². The molecule has 2 aromatic carbocycles. The number of nitrogens with one attached hydrogen (secondary N) is 1. The molecule has 5 heterocycles. The maximum Gasteiger partial charge on any atom is 0.259 e. The van der Waals surface area contributed by atoms with Gasteiger partial charge in [-0.15, -0.1) is 0 Å². The number of imide groups is 1. The summed E-state index contributed by atoms with van der Waals surface area (Å²) in [5.74, 6) is 0.347. The highest BCUT2D eigenvalue weighted by atomic mass is 16.2. The van der Waals surface area contributed by atoms with Gasteiger partial charge in [0.1, 0.15) is 11.9 Å². The van der Waals surface area contributed by atoms with Crippen LogP contribution in [0.25, 0.3) is 0 Å². The van der Waals surface area contributed by atoms with Gasteiger partial charge < -0.3 is 4.90 Å². The molecule has 7 rings (SSSR count). The van der Waals surface area contributed by atoms with E-state index in [1.54, 1.807) is 16.0 Å². The van der Waals surface area contributed by atoms with Crippen LogP contribution in [0.4, 0.5) is 5.82 Å². The largest absolute Gasteiger partial charge is 0.322 e. The fourth-order valence-corrected chi connectivity index (χ4v) is 7.18. The van der Waals surface area contributed by atoms with Gasteiger partial charge in [0, 0.05) is 43.4 Å². The van der Waals surface area contributed by atoms with Crippen LogP contribution in [0.5, 0.6) is 0 Å². The highest BCUT2D eigenvalue weighted by Crippen LogP contribution is 2.34. The molecule has 4 amide bonds. The van der Waals surface area contributed by atoms with Crippen LogP contribution in [-0.4, -0.2) is 64.1 Å². The first kappa shape index (κ1) is 27.5. The van der Waals surface area contributed by atoms with Crippen molar-refractivity contribution in [2.75, 3.05) is 24.5 Å². The summed E-state index contributed by atoms with van der Waals surface area (Å²) in [7, 11) is 0. The van der Waals surface area contributed by atoms with Crippen molar-refractivity contribution < 1.29 is 19.2 Å². The Morgan fingerprint density at radius 2 is 1.70 bits per heavy atom. The third-order valence-electron chi connectivity index (χ3n) is 9.48. The summed E-state index contributed by atoms with van der Waals surface area (Å²) in [5.41, 5.74) is 6.05. The van der Waals surface area contributed by atoms with Crippen LogP contribution in [0.15, 0.2) is 60.8 Å². The molecule has 0 aliphatic carbocycles. The van der Waals surface area contributed by atoms with Crippen molar-refractivity contribution in [1.29, 1.82) is 0 Å². The number of pyridine rings is 1. The van der Waals surface area contributed by atoms with Gasteiger partial charge >= 0.3 is 0 Å². The lowest BCUT2D eigenvalue weighted by molar-refractivity contribution is -0.136. The molecule has 220 valence electrons. The van der Waals surface area contributed by atoms with Crippen molar-refractivity contribution >= 4 is 29.4 Å². The van der Waals surface area contributed by atoms with E-state index in [0.29, 0.717) is 36.8 Å². The zero-order chi connectivity index (χ0) is 29.5. The highest BCUT2D eigenvalue weighted by molar-refractivity contribution is 6.07. The first-order valence-corrected chi connectivity index (χ1v) is 15.3. The molecule has 3 aromatic rings. The summed E-state index contributed by atoms with van der Waals surface area (Å²) >= 11 is 0. The predicted molar refractivity (Wildman–Crippen MR) is 160 cm³/mol. The number of aromatic nitrogens is 1. The van der Waals surface area contributed by atoms with Crippen LogP contribution in [0.3, 0.4) is 0 Å². The van der Waals surface area contributed by atoms with Gasteiger partial charge in [0.25, 0.3) is 11.8 Å². The number of rotatable bonds is 5. The molecule has 2 saturated heterocycles. The minimum absolute atomic E-state index is 0.0259. The van der Waals surface area contributed by atoms with Crippen LogP contribution in [0, 0.1) is 0 Å². The summed E-state index contributed by atoms with van der Waals surface area (Å²) in [4.78, 5) is 60.9. The van der Waals surface area contributed by atoms with Gasteiger partial charge in [-0.25, -0.2) is 4.98 Å². The van der Waals surface area contributed by atoms with Crippen molar-refractivity contribution in [2.24, 2.45) is 0 Å². The lowest BCUT2D eigenvalue weighted by atomic mass is 9.87. The molecule has 2 fully saturated rings. The van der Waals surface area contributed by atoms with Crippen molar-refractivity contribution in [3.8, 4) is 0 Å². The second-order valence-electron chi connectivity index (χ2n) is 12.1. The summed E-state index contributed by atoms with van der Waals surface area (Å²) < 4.78 is 0. The first-order chi connectivity index (χ1) is 21.0. The summed E-state index contributed by atoms with van der Waals surface area (Å²) in [6.45, 7) is 3.81. The minimum Gasteiger partial charge on any atom is -0.322 e. The van der Waals surface area contributed by atoms with Gasteiger partial charge in [-0.05, 0) is 97.6 Å². The number of carbonyl (C=O) groups excluding carboxylic acids is 4. The third kappa shape index (κ3) is 5.22. The van der Waals surface area contributed by atoms with Gasteiger partial charge in [-0.2, -0.15) is 0 Å². The van der Waals surface area contributed by atoms with Crippen LogP contribution in [-0.2, 0) is 29.1 Å². The Bertz CT molecular complexity index is 1600. The Morgan fingerprint density at radius 1 is 0.837 bits per heavy atom. The molecule has 0 radical (unpaired) electrons. The molecule has 1 unspecified atom stereocenters. The second-order valence-corrected chi connectivity index (χ2v) is 12.1. The fourth-order valence-electron chi connectivity index (χ4n) is 7.18. The Kier molecular flexibility index (Phi) is 7.26. The van der Waals surface area contributed by atoms with Crippen LogP contribution < -0.4 is 10.2 Å². The Balaban J connectivity index is 1.00. The van der Waals surface area contributed by atoms with E-state index in [4.69, 9.17) is 0 Å². The Morgan fingerprint density at radius 3 is 2.49 bits per heavy atom. The minimum atomic E-state index is -0.592. The number of nitrogens with zero attached hydrogens (tertiary/aromatic N) is 4. The Labute approximate surface area is 250 Å². The van der Waals surface area contributed by atoms with E-state index in [0.717, 1.165) is 62.0 Å². The normalized spacial score (nSPS) is 21.4. The van der Waals surface area contributed by atoms with Gasteiger partial charge in [0.05, 0.1) is 0 Å². The number of carbonyl (C=O) groups is 4. The molecule has 1 aromatic heterocycles. The van der Waals surface area contributed by atoms with E-state index >= 15 is 0 Å². The monoisotopic (exact) mass is 577 g/mol. The predicted octanol–water partition coefficient (Wildman–Crippen LogP) is 3.82. The van der Waals surface area contributed by atoms with Crippen molar-refractivity contribution in [3.05, 3.63) is 94.2 Å². The molecule has 0 bridgehead atoms. The van der Waals surface area contributed by atoms with Crippen molar-refractivity contribution in [1.82, 2.24) is 20.1 Å². The lowest BCUT2D eigenvalue weighted by Crippen LogP contribution is -2.52. The number of likely N-dealkylation sites (tertiary alicyclic amines) is 1. The van der Waals surface area contributed by atoms with E-state index in [-0.39, 0.29) is 30.0 Å². The molecule has 1 N–H and O–H groups in total. The lowest BCUT2D eigenvalue weighted by Gasteiger charge is -2.33. The van der Waals surface area contributed by atoms with Crippen molar-refractivity contribution in [3.63, 3.8) is 0 Å². The van der Waals surface area contributed by atoms with E-state index < -0.39 is 6.04 Å². The molecule has 9 nitrogen and oxygen atoms in total. The van der Waals surface area contributed by atoms with Gasteiger partial charge in [-0.1, -0.05) is 30.3 Å². The van der Waals surface area contributed by atoms with Crippen molar-refractivity contribution in [2.45, 2.75) is 63.6 Å². The number of piperidine rings is 2. The fraction of sp³-hybridized carbons (Fsp3) is 0.382. The smallest absolute Gasteiger partial charge is 0.259 e. The summed E-state index contributed by atoms with van der Waals surface area (Å²) in [5, 5.41) is 2.37. The molecular formula is C34H35N5O4. The topological polar surface area (TPSA) is 103 Å². The molecule has 4 aliphatic rings. The molecule has 43 heavy (non-hydrogen) atoms. The number of benzene rings is 2. The number of fused-ring (bicyclic) bond motifs is 2. The zero-order valence-electron chi connectivity index (χ0n) is 24.1. The van der Waals surface area contributed by atoms with E-state index in [1.165, 1.54) is 11.1 Å². The van der Waals surface area contributed by atoms with Crippen LogP contribution >= 0.6 is 0 Å². The quantitative estimate of drug-likeness (QED) is 0.463. The summed E-state index contributed by atoms with van der Waals surface area (Å²) in [6, 6.07) is 17.3. The number of hydrogen-bond donors (Lipinski definition) is 1. The van der Waals surface area contributed by atoms with E-state index in [2.05, 4.69) is 33.4 Å². The van der Waals surface area contributed by atoms with Gasteiger partial charge in [0.2, 0.25) is 11.8 Å². The van der Waals surface area contributed by atoms with Gasteiger partial charge in [0.15, 0.2) is 0 Å².